The predicted octanol–water partition coefficient (Wildman–Crippen LogP) is 2.68. The lowest BCUT2D eigenvalue weighted by atomic mass is 9.78. The minimum Gasteiger partial charge on any atom is -0.481 e. The Morgan fingerprint density at radius 3 is 2.45 bits per heavy atom. The molecule has 0 aromatic heterocycles. The monoisotopic (exact) mass is 273 g/mol. The van der Waals surface area contributed by atoms with E-state index in [0.29, 0.717) is 0 Å². The zero-order chi connectivity index (χ0) is 14.3. The number of anilines is 1. The number of hydrogen-bond donors (Lipinski definition) is 2. The fourth-order valence-electron chi connectivity index (χ4n) is 3.95. The van der Waals surface area contributed by atoms with E-state index in [4.69, 9.17) is 0 Å². The van der Waals surface area contributed by atoms with E-state index in [-0.39, 0.29) is 23.7 Å². The van der Waals surface area contributed by atoms with Crippen molar-refractivity contribution < 1.29 is 14.7 Å². The molecule has 2 aliphatic carbocycles. The van der Waals surface area contributed by atoms with E-state index in [9.17, 15) is 14.7 Å². The molecule has 2 N–H and O–H groups in total. The quantitative estimate of drug-likeness (QED) is 0.889. The van der Waals surface area contributed by atoms with Gasteiger partial charge in [-0.05, 0) is 49.7 Å². The number of carboxylic acids is 1. The van der Waals surface area contributed by atoms with Crippen LogP contribution in [0.25, 0.3) is 0 Å². The Morgan fingerprint density at radius 1 is 1.15 bits per heavy atom. The zero-order valence-corrected chi connectivity index (χ0v) is 11.5. The maximum Gasteiger partial charge on any atom is 0.307 e. The van der Waals surface area contributed by atoms with Crippen LogP contribution in [0, 0.1) is 30.6 Å². The van der Waals surface area contributed by atoms with Gasteiger partial charge in [0.1, 0.15) is 0 Å². The van der Waals surface area contributed by atoms with E-state index in [1.54, 1.807) is 0 Å². The molecule has 0 saturated heterocycles. The summed E-state index contributed by atoms with van der Waals surface area (Å²) in [5, 5.41) is 12.3. The first-order chi connectivity index (χ1) is 9.58. The molecular weight excluding hydrogens is 254 g/mol. The minimum absolute atomic E-state index is 0.126. The second kappa shape index (κ2) is 4.93. The summed E-state index contributed by atoms with van der Waals surface area (Å²) in [6, 6.07) is 7.59. The number of hydrogen-bond acceptors (Lipinski definition) is 2. The van der Waals surface area contributed by atoms with E-state index < -0.39 is 11.9 Å². The highest BCUT2D eigenvalue weighted by Crippen LogP contribution is 2.52. The largest absolute Gasteiger partial charge is 0.481 e. The molecule has 2 aliphatic rings. The van der Waals surface area contributed by atoms with Crippen LogP contribution in [-0.4, -0.2) is 17.0 Å². The van der Waals surface area contributed by atoms with Crippen LogP contribution in [0.1, 0.15) is 24.8 Å². The Kier molecular flexibility index (Phi) is 3.24. The van der Waals surface area contributed by atoms with E-state index in [0.717, 1.165) is 30.5 Å². The first-order valence-electron chi connectivity index (χ1n) is 7.17. The van der Waals surface area contributed by atoms with Crippen LogP contribution >= 0.6 is 0 Å². The Labute approximate surface area is 118 Å². The zero-order valence-electron chi connectivity index (χ0n) is 11.5. The van der Waals surface area contributed by atoms with Crippen molar-refractivity contribution in [3.8, 4) is 0 Å². The first-order valence-corrected chi connectivity index (χ1v) is 7.17. The van der Waals surface area contributed by atoms with Crippen LogP contribution in [0.5, 0.6) is 0 Å². The minimum atomic E-state index is -0.817. The summed E-state index contributed by atoms with van der Waals surface area (Å²) in [6.45, 7) is 1.94. The third-order valence-corrected chi connectivity index (χ3v) is 4.91. The molecule has 1 amide bonds. The molecule has 4 heteroatoms. The van der Waals surface area contributed by atoms with Gasteiger partial charge in [0, 0.05) is 5.69 Å². The Morgan fingerprint density at radius 2 is 1.80 bits per heavy atom. The van der Waals surface area contributed by atoms with Crippen LogP contribution in [0.2, 0.25) is 0 Å². The van der Waals surface area contributed by atoms with E-state index in [1.807, 2.05) is 31.2 Å². The summed E-state index contributed by atoms with van der Waals surface area (Å²) in [7, 11) is 0. The number of amides is 1. The van der Waals surface area contributed by atoms with Gasteiger partial charge >= 0.3 is 5.97 Å². The van der Waals surface area contributed by atoms with Crippen molar-refractivity contribution >= 4 is 17.6 Å². The number of rotatable bonds is 3. The van der Waals surface area contributed by atoms with Crippen LogP contribution in [0.15, 0.2) is 24.3 Å². The molecule has 0 aliphatic heterocycles. The van der Waals surface area contributed by atoms with Crippen molar-refractivity contribution in [1.82, 2.24) is 0 Å². The molecule has 2 saturated carbocycles. The second-order valence-corrected chi connectivity index (χ2v) is 6.03. The maximum absolute atomic E-state index is 12.5. The van der Waals surface area contributed by atoms with Crippen LogP contribution in [0.3, 0.4) is 0 Å². The fourth-order valence-corrected chi connectivity index (χ4v) is 3.95. The number of para-hydroxylation sites is 1. The van der Waals surface area contributed by atoms with Crippen molar-refractivity contribution in [1.29, 1.82) is 0 Å². The number of carbonyl (C=O) groups is 2. The van der Waals surface area contributed by atoms with Gasteiger partial charge in [0.15, 0.2) is 0 Å². The average molecular weight is 273 g/mol. The van der Waals surface area contributed by atoms with Gasteiger partial charge in [-0.1, -0.05) is 18.2 Å². The molecule has 1 aromatic rings. The molecule has 0 heterocycles. The van der Waals surface area contributed by atoms with Gasteiger partial charge in [-0.2, -0.15) is 0 Å². The lowest BCUT2D eigenvalue weighted by Gasteiger charge is -2.27. The normalized spacial score (nSPS) is 31.2. The Balaban J connectivity index is 1.80. The van der Waals surface area contributed by atoms with E-state index >= 15 is 0 Å². The van der Waals surface area contributed by atoms with Gasteiger partial charge in [0.2, 0.25) is 5.91 Å². The number of benzene rings is 1. The summed E-state index contributed by atoms with van der Waals surface area (Å²) < 4.78 is 0. The molecule has 4 nitrogen and oxygen atoms in total. The number of carboxylic acid groups (broad SMARTS) is 1. The standard InChI is InChI=1S/C16H19NO3/c1-9-4-2-3-5-12(9)17-15(18)13-10-6-7-11(8-10)14(13)16(19)20/h2-5,10-11,13-14H,6-8H2,1H3,(H,17,18)(H,19,20)/t10-,11-,13+,14-/m0/s1. The third kappa shape index (κ3) is 2.09. The van der Waals surface area contributed by atoms with Crippen molar-refractivity contribution in [2.75, 3.05) is 5.32 Å². The molecule has 20 heavy (non-hydrogen) atoms. The van der Waals surface area contributed by atoms with Gasteiger partial charge in [0.25, 0.3) is 0 Å². The molecule has 4 atom stereocenters. The molecule has 0 spiro atoms. The molecule has 2 bridgehead atoms. The van der Waals surface area contributed by atoms with Crippen molar-refractivity contribution in [3.05, 3.63) is 29.8 Å². The Hall–Kier alpha value is -1.84. The van der Waals surface area contributed by atoms with Crippen LogP contribution in [-0.2, 0) is 9.59 Å². The predicted molar refractivity (Wildman–Crippen MR) is 75.3 cm³/mol. The van der Waals surface area contributed by atoms with Gasteiger partial charge in [0.05, 0.1) is 11.8 Å². The number of nitrogens with one attached hydrogen (secondary N) is 1. The highest BCUT2D eigenvalue weighted by Gasteiger charge is 2.53. The van der Waals surface area contributed by atoms with Gasteiger partial charge in [-0.3, -0.25) is 9.59 Å². The molecule has 0 radical (unpaired) electrons. The van der Waals surface area contributed by atoms with E-state index in [2.05, 4.69) is 5.32 Å². The number of aryl methyl sites for hydroxylation is 1. The smallest absolute Gasteiger partial charge is 0.307 e. The topological polar surface area (TPSA) is 66.4 Å². The maximum atomic E-state index is 12.5. The van der Waals surface area contributed by atoms with Crippen LogP contribution in [0.4, 0.5) is 5.69 Å². The van der Waals surface area contributed by atoms with Crippen LogP contribution < -0.4 is 5.32 Å². The highest BCUT2D eigenvalue weighted by molar-refractivity contribution is 5.96. The van der Waals surface area contributed by atoms with E-state index in [1.165, 1.54) is 0 Å². The van der Waals surface area contributed by atoms with Crippen molar-refractivity contribution in [2.45, 2.75) is 26.2 Å². The summed E-state index contributed by atoms with van der Waals surface area (Å²) in [4.78, 5) is 23.9. The molecular formula is C16H19NO3. The SMILES string of the molecule is Cc1ccccc1NC(=O)[C@@H]1[C@H]2CC[C@@H](C2)[C@@H]1C(=O)O. The summed E-state index contributed by atoms with van der Waals surface area (Å²) >= 11 is 0. The number of aliphatic carboxylic acids is 1. The average Bonchev–Trinajstić information content (AvgIpc) is 3.01. The first kappa shape index (κ1) is 13.2. The third-order valence-electron chi connectivity index (χ3n) is 4.91. The molecule has 3 rings (SSSR count). The highest BCUT2D eigenvalue weighted by atomic mass is 16.4. The van der Waals surface area contributed by atoms with Crippen molar-refractivity contribution in [2.24, 2.45) is 23.7 Å². The number of fused-ring (bicyclic) bond motifs is 2. The molecule has 106 valence electrons. The molecule has 1 aromatic carbocycles. The lowest BCUT2D eigenvalue weighted by molar-refractivity contribution is -0.148. The van der Waals surface area contributed by atoms with Crippen molar-refractivity contribution in [3.63, 3.8) is 0 Å². The lowest BCUT2D eigenvalue weighted by Crippen LogP contribution is -2.37. The summed E-state index contributed by atoms with van der Waals surface area (Å²) in [5.41, 5.74) is 1.78. The fraction of sp³-hybridized carbons (Fsp3) is 0.500. The molecule has 0 unspecified atom stereocenters. The number of carbonyl (C=O) groups excluding carboxylic acids is 1. The van der Waals surface area contributed by atoms with Gasteiger partial charge in [-0.25, -0.2) is 0 Å². The summed E-state index contributed by atoms with van der Waals surface area (Å²) in [6.07, 6.45) is 2.83. The Bertz CT molecular complexity index is 554. The van der Waals surface area contributed by atoms with Gasteiger partial charge < -0.3 is 10.4 Å². The summed E-state index contributed by atoms with van der Waals surface area (Å²) in [5.74, 6) is -1.39. The van der Waals surface area contributed by atoms with Gasteiger partial charge in [-0.15, -0.1) is 0 Å². The molecule has 2 fully saturated rings. The second-order valence-electron chi connectivity index (χ2n) is 6.03.